The lowest BCUT2D eigenvalue weighted by Gasteiger charge is -2.08. The van der Waals surface area contributed by atoms with Gasteiger partial charge in [-0.25, -0.2) is 4.98 Å². The molecule has 1 aromatic rings. The Morgan fingerprint density at radius 2 is 2.60 bits per heavy atom. The monoisotopic (exact) mass is 224 g/mol. The first-order chi connectivity index (χ1) is 7.38. The molecule has 0 aliphatic carbocycles. The van der Waals surface area contributed by atoms with Crippen molar-refractivity contribution in [1.82, 2.24) is 4.98 Å². The van der Waals surface area contributed by atoms with Crippen LogP contribution in [0.4, 0.5) is 5.82 Å². The maximum atomic E-state index is 5.58. The predicted molar refractivity (Wildman–Crippen MR) is 63.5 cm³/mol. The lowest BCUT2D eigenvalue weighted by Crippen LogP contribution is -2.07. The van der Waals surface area contributed by atoms with Gasteiger partial charge in [-0.05, 0) is 25.0 Å². The molecule has 1 unspecified atom stereocenters. The minimum absolute atomic E-state index is 0.446. The second-order valence-electron chi connectivity index (χ2n) is 3.57. The number of aromatic nitrogens is 1. The van der Waals surface area contributed by atoms with E-state index >= 15 is 0 Å². The molecule has 1 aliphatic rings. The van der Waals surface area contributed by atoms with Crippen molar-refractivity contribution in [3.63, 3.8) is 0 Å². The van der Waals surface area contributed by atoms with Gasteiger partial charge in [0.25, 0.3) is 0 Å². The van der Waals surface area contributed by atoms with E-state index in [4.69, 9.17) is 4.74 Å². The van der Waals surface area contributed by atoms with Gasteiger partial charge in [-0.15, -0.1) is 11.8 Å². The maximum Gasteiger partial charge on any atom is 0.126 e. The second kappa shape index (κ2) is 5.37. The first-order valence-corrected chi connectivity index (χ1v) is 6.25. The summed E-state index contributed by atoms with van der Waals surface area (Å²) in [5, 5.41) is 3.04. The Morgan fingerprint density at radius 3 is 3.33 bits per heavy atom. The summed E-state index contributed by atoms with van der Waals surface area (Å²) in [6.07, 6.45) is 4.70. The van der Waals surface area contributed by atoms with Crippen LogP contribution >= 0.6 is 11.8 Å². The molecule has 82 valence electrons. The highest BCUT2D eigenvalue weighted by Gasteiger charge is 2.15. The molecule has 1 aliphatic heterocycles. The molecule has 3 nitrogen and oxygen atoms in total. The number of thioether (sulfide) groups is 1. The molecule has 1 fully saturated rings. The van der Waals surface area contributed by atoms with Crippen molar-refractivity contribution in [2.75, 3.05) is 24.7 Å². The number of anilines is 1. The Morgan fingerprint density at radius 1 is 1.67 bits per heavy atom. The van der Waals surface area contributed by atoms with E-state index in [9.17, 15) is 0 Å². The summed E-state index contributed by atoms with van der Waals surface area (Å²) >= 11 is 1.84. The van der Waals surface area contributed by atoms with Gasteiger partial charge in [-0.1, -0.05) is 0 Å². The highest BCUT2D eigenvalue weighted by molar-refractivity contribution is 7.99. The minimum Gasteiger partial charge on any atom is -0.377 e. The van der Waals surface area contributed by atoms with E-state index < -0.39 is 0 Å². The van der Waals surface area contributed by atoms with Gasteiger partial charge in [-0.3, -0.25) is 0 Å². The third kappa shape index (κ3) is 3.11. The zero-order valence-electron chi connectivity index (χ0n) is 8.90. The van der Waals surface area contributed by atoms with Crippen LogP contribution < -0.4 is 5.32 Å². The van der Waals surface area contributed by atoms with Crippen molar-refractivity contribution in [1.29, 1.82) is 0 Å². The van der Waals surface area contributed by atoms with Gasteiger partial charge >= 0.3 is 0 Å². The largest absolute Gasteiger partial charge is 0.377 e. The van der Waals surface area contributed by atoms with E-state index in [0.29, 0.717) is 6.10 Å². The number of rotatable bonds is 4. The number of ether oxygens (including phenoxy) is 1. The van der Waals surface area contributed by atoms with Crippen LogP contribution in [-0.2, 0) is 4.74 Å². The third-order valence-corrected chi connectivity index (χ3v) is 3.57. The van der Waals surface area contributed by atoms with Crippen LogP contribution in [0.1, 0.15) is 12.8 Å². The summed E-state index contributed by atoms with van der Waals surface area (Å²) in [6.45, 7) is 0.934. The van der Waals surface area contributed by atoms with E-state index in [-0.39, 0.29) is 0 Å². The average Bonchev–Trinajstić information content (AvgIpc) is 2.79. The van der Waals surface area contributed by atoms with Crippen LogP contribution in [0.3, 0.4) is 0 Å². The molecule has 1 aromatic heterocycles. The fourth-order valence-electron chi connectivity index (χ4n) is 1.60. The summed E-state index contributed by atoms with van der Waals surface area (Å²) in [6, 6.07) is 4.11. The molecule has 0 spiro atoms. The molecule has 15 heavy (non-hydrogen) atoms. The summed E-state index contributed by atoms with van der Waals surface area (Å²) < 4.78 is 5.58. The molecule has 0 bridgehead atoms. The number of nitrogens with one attached hydrogen (secondary N) is 1. The number of hydrogen-bond donors (Lipinski definition) is 1. The Kier molecular flexibility index (Phi) is 3.86. The van der Waals surface area contributed by atoms with Gasteiger partial charge in [0.15, 0.2) is 0 Å². The van der Waals surface area contributed by atoms with Gasteiger partial charge in [0, 0.05) is 30.5 Å². The quantitative estimate of drug-likeness (QED) is 0.796. The molecule has 4 heteroatoms. The smallest absolute Gasteiger partial charge is 0.126 e. The highest BCUT2D eigenvalue weighted by atomic mass is 32.2. The summed E-state index contributed by atoms with van der Waals surface area (Å²) in [4.78, 5) is 5.44. The lowest BCUT2D eigenvalue weighted by molar-refractivity contribution is 0.129. The van der Waals surface area contributed by atoms with Gasteiger partial charge in [0.1, 0.15) is 5.82 Å². The van der Waals surface area contributed by atoms with Gasteiger partial charge in [0.2, 0.25) is 0 Å². The average molecular weight is 224 g/mol. The fourth-order valence-corrected chi connectivity index (χ4v) is 2.60. The summed E-state index contributed by atoms with van der Waals surface area (Å²) in [7, 11) is 1.89. The van der Waals surface area contributed by atoms with Crippen LogP contribution in [0, 0.1) is 0 Å². The third-order valence-electron chi connectivity index (χ3n) is 2.45. The van der Waals surface area contributed by atoms with Gasteiger partial charge in [0.05, 0.1) is 6.10 Å². The topological polar surface area (TPSA) is 34.1 Å². The van der Waals surface area contributed by atoms with Crippen LogP contribution in [0.15, 0.2) is 23.2 Å². The minimum atomic E-state index is 0.446. The molecule has 0 saturated carbocycles. The highest BCUT2D eigenvalue weighted by Crippen LogP contribution is 2.24. The van der Waals surface area contributed by atoms with Crippen LogP contribution in [0.5, 0.6) is 0 Å². The van der Waals surface area contributed by atoms with Crippen molar-refractivity contribution < 1.29 is 4.74 Å². The summed E-state index contributed by atoms with van der Waals surface area (Å²) in [5.74, 6) is 1.97. The van der Waals surface area contributed by atoms with Crippen molar-refractivity contribution >= 4 is 17.6 Å². The molecule has 1 saturated heterocycles. The van der Waals surface area contributed by atoms with Gasteiger partial charge in [-0.2, -0.15) is 0 Å². The Hall–Kier alpha value is -0.740. The normalized spacial score (nSPS) is 20.5. The molecular weight excluding hydrogens is 208 g/mol. The Labute approximate surface area is 94.6 Å². The van der Waals surface area contributed by atoms with Crippen LogP contribution in [0.2, 0.25) is 0 Å². The number of pyridine rings is 1. The molecule has 0 radical (unpaired) electrons. The van der Waals surface area contributed by atoms with Crippen molar-refractivity contribution in [2.45, 2.75) is 23.8 Å². The first-order valence-electron chi connectivity index (χ1n) is 5.26. The molecule has 2 heterocycles. The van der Waals surface area contributed by atoms with E-state index in [1.165, 1.54) is 17.7 Å². The SMILES string of the molecule is CNc1cc(SCC2CCCO2)ccn1. The number of hydrogen-bond acceptors (Lipinski definition) is 4. The molecule has 0 aromatic carbocycles. The zero-order chi connectivity index (χ0) is 10.5. The standard InChI is InChI=1S/C11H16N2OS/c1-12-11-7-10(4-5-13-11)15-8-9-3-2-6-14-9/h4-5,7,9H,2-3,6,8H2,1H3,(H,12,13). The lowest BCUT2D eigenvalue weighted by atomic mass is 10.3. The molecule has 1 atom stereocenters. The fraction of sp³-hybridized carbons (Fsp3) is 0.545. The first kappa shape index (κ1) is 10.8. The molecular formula is C11H16N2OS. The van der Waals surface area contributed by atoms with Crippen LogP contribution in [0.25, 0.3) is 0 Å². The van der Waals surface area contributed by atoms with E-state index in [0.717, 1.165) is 18.2 Å². The van der Waals surface area contributed by atoms with Crippen molar-refractivity contribution in [2.24, 2.45) is 0 Å². The van der Waals surface area contributed by atoms with E-state index in [1.807, 2.05) is 31.1 Å². The molecule has 1 N–H and O–H groups in total. The van der Waals surface area contributed by atoms with Crippen molar-refractivity contribution in [3.8, 4) is 0 Å². The molecule has 0 amide bonds. The molecule has 2 rings (SSSR count). The zero-order valence-corrected chi connectivity index (χ0v) is 9.72. The second-order valence-corrected chi connectivity index (χ2v) is 4.67. The van der Waals surface area contributed by atoms with E-state index in [2.05, 4.69) is 16.4 Å². The van der Waals surface area contributed by atoms with Gasteiger partial charge < -0.3 is 10.1 Å². The van der Waals surface area contributed by atoms with Crippen LogP contribution in [-0.4, -0.2) is 30.5 Å². The Balaban J connectivity index is 1.86. The van der Waals surface area contributed by atoms with E-state index in [1.54, 1.807) is 0 Å². The maximum absolute atomic E-state index is 5.58. The Bertz CT molecular complexity index is 313. The number of nitrogens with zero attached hydrogens (tertiary/aromatic N) is 1. The summed E-state index contributed by atoms with van der Waals surface area (Å²) in [5.41, 5.74) is 0. The van der Waals surface area contributed by atoms with Crippen molar-refractivity contribution in [3.05, 3.63) is 18.3 Å². The predicted octanol–water partition coefficient (Wildman–Crippen LogP) is 2.39.